The second kappa shape index (κ2) is 10.8. The maximum atomic E-state index is 13.9. The smallest absolute Gasteiger partial charge is 0.475 e. The maximum Gasteiger partial charge on any atom is 0.490 e. The first-order chi connectivity index (χ1) is 20.6. The van der Waals surface area contributed by atoms with Crippen molar-refractivity contribution in [2.75, 3.05) is 36.5 Å². The minimum Gasteiger partial charge on any atom is -0.475 e. The molecular formula is C30H25F4N5O4. The van der Waals surface area contributed by atoms with E-state index in [9.17, 15) is 22.4 Å². The zero-order valence-electron chi connectivity index (χ0n) is 22.5. The van der Waals surface area contributed by atoms with E-state index in [1.807, 2.05) is 30.5 Å². The van der Waals surface area contributed by atoms with Crippen LogP contribution in [0.25, 0.3) is 23.1 Å². The van der Waals surface area contributed by atoms with Gasteiger partial charge < -0.3 is 20.1 Å². The molecule has 0 radical (unpaired) electrons. The number of hydrogen-bond donors (Lipinski definition) is 3. The van der Waals surface area contributed by atoms with Crippen molar-refractivity contribution in [1.82, 2.24) is 15.2 Å². The number of anilines is 2. The molecule has 1 saturated carbocycles. The van der Waals surface area contributed by atoms with E-state index in [1.54, 1.807) is 6.07 Å². The van der Waals surface area contributed by atoms with Gasteiger partial charge >= 0.3 is 12.1 Å². The van der Waals surface area contributed by atoms with Crippen molar-refractivity contribution in [1.29, 1.82) is 0 Å². The number of ether oxygens (including phenoxy) is 1. The summed E-state index contributed by atoms with van der Waals surface area (Å²) in [4.78, 5) is 28.6. The molecule has 0 bridgehead atoms. The zero-order chi connectivity index (χ0) is 30.4. The third-order valence-electron chi connectivity index (χ3n) is 7.88. The quantitative estimate of drug-likeness (QED) is 0.280. The zero-order valence-corrected chi connectivity index (χ0v) is 22.5. The molecule has 13 heteroatoms. The number of amides is 1. The van der Waals surface area contributed by atoms with E-state index in [4.69, 9.17) is 14.6 Å². The van der Waals surface area contributed by atoms with Gasteiger partial charge in [0.2, 0.25) is 5.91 Å². The number of pyridine rings is 1. The Kier molecular flexibility index (Phi) is 7.12. The highest BCUT2D eigenvalue weighted by Gasteiger charge is 2.65. The van der Waals surface area contributed by atoms with Crippen LogP contribution in [0.1, 0.15) is 34.7 Å². The van der Waals surface area contributed by atoms with Crippen molar-refractivity contribution in [2.45, 2.75) is 23.9 Å². The van der Waals surface area contributed by atoms with E-state index in [2.05, 4.69) is 43.6 Å². The van der Waals surface area contributed by atoms with Crippen LogP contribution >= 0.6 is 0 Å². The molecule has 2 fully saturated rings. The van der Waals surface area contributed by atoms with Crippen LogP contribution in [0.2, 0.25) is 0 Å². The second-order valence-corrected chi connectivity index (χ2v) is 10.5. The van der Waals surface area contributed by atoms with Gasteiger partial charge in [-0.15, -0.1) is 0 Å². The summed E-state index contributed by atoms with van der Waals surface area (Å²) in [6.45, 7) is 3.19. The molecular weight excluding hydrogens is 570 g/mol. The third kappa shape index (κ3) is 5.43. The average molecular weight is 596 g/mol. The number of carboxylic acid groups (broad SMARTS) is 1. The van der Waals surface area contributed by atoms with Crippen molar-refractivity contribution < 1.29 is 37.0 Å². The van der Waals surface area contributed by atoms with Crippen molar-refractivity contribution in [3.8, 4) is 0 Å². The highest BCUT2D eigenvalue weighted by atomic mass is 19.4. The predicted molar refractivity (Wildman–Crippen MR) is 150 cm³/mol. The molecule has 1 spiro atoms. The van der Waals surface area contributed by atoms with Crippen LogP contribution < -0.4 is 10.2 Å². The minimum atomic E-state index is -5.08. The number of carboxylic acids is 1. The Morgan fingerprint density at radius 1 is 1.09 bits per heavy atom. The van der Waals surface area contributed by atoms with Gasteiger partial charge in [-0.05, 0) is 65.6 Å². The topological polar surface area (TPSA) is 120 Å². The molecule has 2 aliphatic heterocycles. The van der Waals surface area contributed by atoms with Gasteiger partial charge in [0, 0.05) is 36.3 Å². The van der Waals surface area contributed by atoms with Gasteiger partial charge in [-0.1, -0.05) is 18.2 Å². The van der Waals surface area contributed by atoms with Crippen molar-refractivity contribution in [3.05, 3.63) is 82.9 Å². The number of aromatic nitrogens is 3. The highest BCUT2D eigenvalue weighted by molar-refractivity contribution is 6.10. The number of H-pyrrole nitrogens is 1. The summed E-state index contributed by atoms with van der Waals surface area (Å²) < 4.78 is 51.1. The monoisotopic (exact) mass is 595 g/mol. The minimum absolute atomic E-state index is 0.0169. The molecule has 4 aromatic rings. The van der Waals surface area contributed by atoms with Gasteiger partial charge in [0.05, 0.1) is 29.8 Å². The number of rotatable bonds is 4. The van der Waals surface area contributed by atoms with Crippen LogP contribution in [0.4, 0.5) is 29.1 Å². The lowest BCUT2D eigenvalue weighted by atomic mass is 9.91. The fourth-order valence-corrected chi connectivity index (χ4v) is 5.62. The Bertz CT molecular complexity index is 1730. The molecule has 7 rings (SSSR count). The van der Waals surface area contributed by atoms with E-state index >= 15 is 0 Å². The summed E-state index contributed by atoms with van der Waals surface area (Å²) in [6, 6.07) is 14.8. The molecule has 9 nitrogen and oxygen atoms in total. The SMILES string of the molecule is O=C(O)C(F)(F)F.O=C1Nc2ccc(F)cc2C12CC2c1ccc2c(/C=C/c3ccc(N4CCOCC4)nc3)n[nH]c2c1. The van der Waals surface area contributed by atoms with Gasteiger partial charge in [0.1, 0.15) is 11.6 Å². The number of carbonyl (C=O) groups excluding carboxylic acids is 1. The van der Waals surface area contributed by atoms with E-state index in [-0.39, 0.29) is 17.6 Å². The molecule has 2 aromatic heterocycles. The van der Waals surface area contributed by atoms with Crippen molar-refractivity contribution in [2.24, 2.45) is 0 Å². The number of aliphatic carboxylic acids is 1. The molecule has 43 heavy (non-hydrogen) atoms. The van der Waals surface area contributed by atoms with Crippen LogP contribution in [-0.2, 0) is 19.7 Å². The number of hydrogen-bond acceptors (Lipinski definition) is 6. The number of fused-ring (bicyclic) bond motifs is 3. The van der Waals surface area contributed by atoms with Crippen LogP contribution in [0.15, 0.2) is 54.7 Å². The largest absolute Gasteiger partial charge is 0.490 e. The normalized spacial score (nSPS) is 21.1. The molecule has 222 valence electrons. The summed E-state index contributed by atoms with van der Waals surface area (Å²) >= 11 is 0. The van der Waals surface area contributed by atoms with Crippen LogP contribution in [-0.4, -0.2) is 64.6 Å². The molecule has 1 aliphatic carbocycles. The number of alkyl halides is 3. The van der Waals surface area contributed by atoms with E-state index in [1.165, 1.54) is 12.1 Å². The third-order valence-corrected chi connectivity index (χ3v) is 7.88. The summed E-state index contributed by atoms with van der Waals surface area (Å²) in [5.74, 6) is -2.14. The highest BCUT2D eigenvalue weighted by Crippen LogP contribution is 2.65. The number of morpholine rings is 1. The molecule has 1 amide bonds. The Morgan fingerprint density at radius 3 is 2.56 bits per heavy atom. The van der Waals surface area contributed by atoms with Crippen LogP contribution in [0.3, 0.4) is 0 Å². The lowest BCUT2D eigenvalue weighted by Crippen LogP contribution is -2.36. The van der Waals surface area contributed by atoms with Gasteiger partial charge in [-0.3, -0.25) is 9.89 Å². The maximum absolute atomic E-state index is 13.9. The van der Waals surface area contributed by atoms with E-state index in [0.29, 0.717) is 12.1 Å². The first-order valence-electron chi connectivity index (χ1n) is 13.4. The molecule has 3 aliphatic rings. The Morgan fingerprint density at radius 2 is 1.86 bits per heavy atom. The first-order valence-corrected chi connectivity index (χ1v) is 13.4. The van der Waals surface area contributed by atoms with Gasteiger partial charge in [-0.2, -0.15) is 18.3 Å². The number of nitrogens with one attached hydrogen (secondary N) is 2. The van der Waals surface area contributed by atoms with E-state index < -0.39 is 17.6 Å². The van der Waals surface area contributed by atoms with Crippen molar-refractivity contribution in [3.63, 3.8) is 0 Å². The lowest BCUT2D eigenvalue weighted by molar-refractivity contribution is -0.192. The second-order valence-electron chi connectivity index (χ2n) is 10.5. The molecule has 4 heterocycles. The summed E-state index contributed by atoms with van der Waals surface area (Å²) in [5, 5.41) is 18.7. The Labute approximate surface area is 242 Å². The van der Waals surface area contributed by atoms with Gasteiger partial charge in [0.25, 0.3) is 0 Å². The van der Waals surface area contributed by atoms with Crippen LogP contribution in [0, 0.1) is 5.82 Å². The summed E-state index contributed by atoms with van der Waals surface area (Å²) in [5.41, 5.74) is 4.60. The summed E-state index contributed by atoms with van der Waals surface area (Å²) in [6.07, 6.45) is 1.44. The van der Waals surface area contributed by atoms with Gasteiger partial charge in [-0.25, -0.2) is 14.2 Å². The number of halogens is 4. The van der Waals surface area contributed by atoms with Gasteiger partial charge in [0.15, 0.2) is 0 Å². The fourth-order valence-electron chi connectivity index (χ4n) is 5.62. The number of nitrogens with zero attached hydrogens (tertiary/aromatic N) is 3. The number of aromatic amines is 1. The number of carbonyl (C=O) groups is 2. The average Bonchev–Trinajstić information content (AvgIpc) is 3.54. The molecule has 1 saturated heterocycles. The lowest BCUT2D eigenvalue weighted by Gasteiger charge is -2.27. The van der Waals surface area contributed by atoms with Crippen molar-refractivity contribution >= 4 is 46.4 Å². The molecule has 2 unspecified atom stereocenters. The molecule has 3 N–H and O–H groups in total. The van der Waals surface area contributed by atoms with Crippen LogP contribution in [0.5, 0.6) is 0 Å². The van der Waals surface area contributed by atoms with E-state index in [0.717, 1.165) is 65.4 Å². The Balaban J connectivity index is 0.000000423. The standard InChI is InChI=1S/C28H24FN5O2.C2HF3O2/c29-19-4-7-24-21(14-19)28(27(35)31-24)15-22(28)18-3-5-20-23(32-33-25(20)13-18)6-1-17-2-8-26(30-16-17)34-9-11-36-12-10-34;3-2(4,5)1(6)7/h1-8,13-14,16,22H,9-12,15H2,(H,31,35)(H,32,33);(H,6,7)/b6-1+;. The number of benzene rings is 2. The fraction of sp³-hybridized carbons (Fsp3) is 0.267. The first kappa shape index (κ1) is 28.3. The predicted octanol–water partition coefficient (Wildman–Crippen LogP) is 5.11. The Hall–Kier alpha value is -4.78. The summed E-state index contributed by atoms with van der Waals surface area (Å²) in [7, 11) is 0. The molecule has 2 atom stereocenters. The molecule has 2 aromatic carbocycles.